The third kappa shape index (κ3) is 7.24. The van der Waals surface area contributed by atoms with E-state index in [9.17, 15) is 4.79 Å². The Morgan fingerprint density at radius 2 is 1.86 bits per heavy atom. The average molecular weight is 299 g/mol. The Morgan fingerprint density at radius 1 is 1.19 bits per heavy atom. The fraction of sp³-hybridized carbons (Fsp3) is 0.353. The molecule has 0 radical (unpaired) electrons. The van der Waals surface area contributed by atoms with E-state index in [0.29, 0.717) is 6.54 Å². The zero-order valence-electron chi connectivity index (χ0n) is 13.1. The highest BCUT2D eigenvalue weighted by atomic mass is 28.3. The number of hydrogen-bond acceptors (Lipinski definition) is 2. The zero-order valence-corrected chi connectivity index (χ0v) is 14.1. The van der Waals surface area contributed by atoms with Crippen molar-refractivity contribution in [1.82, 2.24) is 4.90 Å². The lowest BCUT2D eigenvalue weighted by Gasteiger charge is -2.13. The number of benzene rings is 1. The molecule has 1 aromatic carbocycles. The largest absolute Gasteiger partial charge is 0.452 e. The van der Waals surface area contributed by atoms with Crippen LogP contribution in [-0.2, 0) is 11.2 Å². The Kier molecular flexibility index (Phi) is 6.58. The van der Waals surface area contributed by atoms with Crippen LogP contribution in [0.15, 0.2) is 30.3 Å². The topological polar surface area (TPSA) is 29.5 Å². The van der Waals surface area contributed by atoms with Crippen molar-refractivity contribution in [2.24, 2.45) is 0 Å². The lowest BCUT2D eigenvalue weighted by Crippen LogP contribution is -2.28. The third-order valence-electron chi connectivity index (χ3n) is 2.55. The molecule has 21 heavy (non-hydrogen) atoms. The molecule has 0 N–H and O–H groups in total. The first-order valence-corrected chi connectivity index (χ1v) is 10.3. The van der Waals surface area contributed by atoms with Crippen LogP contribution in [0.2, 0.25) is 19.6 Å². The molecule has 0 aliphatic heterocycles. The van der Waals surface area contributed by atoms with Gasteiger partial charge in [-0.05, 0) is 17.9 Å². The van der Waals surface area contributed by atoms with Crippen LogP contribution in [0.1, 0.15) is 5.56 Å². The van der Waals surface area contributed by atoms with Crippen molar-refractivity contribution in [3.8, 4) is 23.4 Å². The van der Waals surface area contributed by atoms with Gasteiger partial charge in [0, 0.05) is 18.5 Å². The smallest absolute Gasteiger partial charge is 0.421 e. The van der Waals surface area contributed by atoms with E-state index in [0.717, 1.165) is 12.0 Å². The van der Waals surface area contributed by atoms with Gasteiger partial charge in [0.05, 0.1) is 7.11 Å². The maximum Gasteiger partial charge on any atom is 0.421 e. The molecule has 0 fully saturated rings. The number of nitrogens with zero attached hydrogens (tertiary/aromatic N) is 1. The molecular formula is C17H21NO2Si. The predicted octanol–water partition coefficient (Wildman–Crippen LogP) is 3.14. The van der Waals surface area contributed by atoms with E-state index < -0.39 is 14.2 Å². The molecule has 0 unspecified atom stereocenters. The van der Waals surface area contributed by atoms with Crippen LogP contribution in [0.25, 0.3) is 0 Å². The van der Waals surface area contributed by atoms with Crippen molar-refractivity contribution in [2.75, 3.05) is 13.7 Å². The molecule has 0 bridgehead atoms. The Balaban J connectivity index is 2.71. The van der Waals surface area contributed by atoms with Gasteiger partial charge in [-0.2, -0.15) is 0 Å². The van der Waals surface area contributed by atoms with E-state index in [-0.39, 0.29) is 0 Å². The molecule has 0 saturated heterocycles. The number of amides is 1. The monoisotopic (exact) mass is 299 g/mol. The van der Waals surface area contributed by atoms with Crippen molar-refractivity contribution in [3.63, 3.8) is 0 Å². The van der Waals surface area contributed by atoms with Crippen molar-refractivity contribution in [3.05, 3.63) is 35.9 Å². The van der Waals surface area contributed by atoms with Crippen molar-refractivity contribution in [1.29, 1.82) is 0 Å². The summed E-state index contributed by atoms with van der Waals surface area (Å²) in [7, 11) is -0.0797. The molecule has 0 atom stereocenters. The fourth-order valence-corrected chi connectivity index (χ4v) is 1.94. The van der Waals surface area contributed by atoms with E-state index in [2.05, 4.69) is 43.1 Å². The second-order valence-electron chi connectivity index (χ2n) is 5.59. The molecule has 0 aromatic heterocycles. The van der Waals surface area contributed by atoms with Gasteiger partial charge in [-0.3, -0.25) is 0 Å². The summed E-state index contributed by atoms with van der Waals surface area (Å²) in [6.07, 6.45) is 0.278. The highest BCUT2D eigenvalue weighted by Gasteiger charge is 2.11. The summed E-state index contributed by atoms with van der Waals surface area (Å²) in [5.41, 5.74) is 4.30. The number of rotatable bonds is 3. The summed E-state index contributed by atoms with van der Waals surface area (Å²) in [6.45, 7) is 6.93. The molecule has 1 amide bonds. The summed E-state index contributed by atoms with van der Waals surface area (Å²) in [5, 5.41) is 0. The lowest BCUT2D eigenvalue weighted by atomic mass is 10.1. The summed E-state index contributed by atoms with van der Waals surface area (Å²) in [6, 6.07) is 12.7. The molecule has 0 aliphatic rings. The molecule has 0 spiro atoms. The van der Waals surface area contributed by atoms with E-state index in [1.54, 1.807) is 0 Å². The quantitative estimate of drug-likeness (QED) is 0.487. The second-order valence-corrected chi connectivity index (χ2v) is 10.3. The molecule has 110 valence electrons. The summed E-state index contributed by atoms with van der Waals surface area (Å²) < 4.78 is 4.74. The Labute approximate surface area is 128 Å². The summed E-state index contributed by atoms with van der Waals surface area (Å²) in [4.78, 5) is 13.1. The minimum Gasteiger partial charge on any atom is -0.452 e. The second kappa shape index (κ2) is 8.19. The van der Waals surface area contributed by atoms with Gasteiger partial charge in [0.1, 0.15) is 8.07 Å². The van der Waals surface area contributed by atoms with Gasteiger partial charge in [0.2, 0.25) is 0 Å². The Morgan fingerprint density at radius 3 is 2.43 bits per heavy atom. The summed E-state index contributed by atoms with van der Waals surface area (Å²) >= 11 is 0. The van der Waals surface area contributed by atoms with Crippen LogP contribution in [0, 0.1) is 23.4 Å². The van der Waals surface area contributed by atoms with Crippen molar-refractivity contribution < 1.29 is 9.53 Å². The molecule has 1 aromatic rings. The zero-order chi connectivity index (χ0) is 15.7. The first-order valence-electron chi connectivity index (χ1n) is 6.84. The molecule has 3 nitrogen and oxygen atoms in total. The van der Waals surface area contributed by atoms with Gasteiger partial charge < -0.3 is 4.74 Å². The van der Waals surface area contributed by atoms with Crippen LogP contribution < -0.4 is 0 Å². The minimum absolute atomic E-state index is 0.451. The Bertz CT molecular complexity index is 582. The molecule has 4 heteroatoms. The normalized spacial score (nSPS) is 9.71. The number of methoxy groups -OCH3 is 1. The molecular weight excluding hydrogens is 278 g/mol. The first-order chi connectivity index (χ1) is 9.92. The highest BCUT2D eigenvalue weighted by Crippen LogP contribution is 2.02. The van der Waals surface area contributed by atoms with Gasteiger partial charge in [0.15, 0.2) is 0 Å². The maximum absolute atomic E-state index is 11.7. The standard InChI is InChI=1S/C17H21NO2Si/c1-20-17(19)18(13-8-9-15-21(2,3)4)14-12-16-10-6-5-7-11-16/h5-7,10-11H,12,14H2,1-4H3. The SMILES string of the molecule is COC(=O)N(C#CC#C[Si](C)(C)C)CCc1ccccc1. The van der Waals surface area contributed by atoms with Gasteiger partial charge >= 0.3 is 6.09 Å². The van der Waals surface area contributed by atoms with Crippen LogP contribution in [-0.4, -0.2) is 32.7 Å². The van der Waals surface area contributed by atoms with E-state index in [4.69, 9.17) is 4.74 Å². The number of carbonyl (C=O) groups excluding carboxylic acids is 1. The van der Waals surface area contributed by atoms with E-state index >= 15 is 0 Å². The van der Waals surface area contributed by atoms with Crippen LogP contribution in [0.5, 0.6) is 0 Å². The van der Waals surface area contributed by atoms with E-state index in [1.165, 1.54) is 12.0 Å². The lowest BCUT2D eigenvalue weighted by molar-refractivity contribution is 0.143. The van der Waals surface area contributed by atoms with Gasteiger partial charge in [-0.15, -0.1) is 5.54 Å². The average Bonchev–Trinajstić information content (AvgIpc) is 2.45. The van der Waals surface area contributed by atoms with Gasteiger partial charge in [-0.1, -0.05) is 50.0 Å². The van der Waals surface area contributed by atoms with E-state index in [1.807, 2.05) is 30.3 Å². The van der Waals surface area contributed by atoms with Gasteiger partial charge in [0.25, 0.3) is 0 Å². The van der Waals surface area contributed by atoms with Crippen molar-refractivity contribution in [2.45, 2.75) is 26.1 Å². The minimum atomic E-state index is -1.43. The molecule has 1 rings (SSSR count). The predicted molar refractivity (Wildman–Crippen MR) is 88.2 cm³/mol. The fourth-order valence-electron chi connectivity index (χ4n) is 1.50. The number of hydrogen-bond donors (Lipinski definition) is 0. The van der Waals surface area contributed by atoms with Gasteiger partial charge in [-0.25, -0.2) is 9.69 Å². The maximum atomic E-state index is 11.7. The first kappa shape index (κ1) is 16.9. The highest BCUT2D eigenvalue weighted by molar-refractivity contribution is 6.83. The van der Waals surface area contributed by atoms with Crippen LogP contribution in [0.3, 0.4) is 0 Å². The molecule has 0 heterocycles. The summed E-state index contributed by atoms with van der Waals surface area (Å²) in [5.74, 6) is 5.58. The number of carbonyl (C=O) groups is 1. The molecule has 0 saturated carbocycles. The van der Waals surface area contributed by atoms with Crippen molar-refractivity contribution >= 4 is 14.2 Å². The van der Waals surface area contributed by atoms with Crippen LogP contribution in [0.4, 0.5) is 4.79 Å². The number of ether oxygens (including phenoxy) is 1. The third-order valence-corrected chi connectivity index (χ3v) is 3.43. The van der Waals surface area contributed by atoms with Crippen LogP contribution >= 0.6 is 0 Å². The Hall–Kier alpha value is -2.17. The molecule has 0 aliphatic carbocycles.